The Morgan fingerprint density at radius 1 is 1.14 bits per heavy atom. The Morgan fingerprint density at radius 2 is 1.89 bits per heavy atom. The van der Waals surface area contributed by atoms with E-state index in [0.717, 1.165) is 11.8 Å². The molecule has 0 aliphatic carbocycles. The molecule has 28 heavy (non-hydrogen) atoms. The molecule has 3 aromatic rings. The molecule has 1 amide bonds. The highest BCUT2D eigenvalue weighted by Gasteiger charge is 2.14. The quantitative estimate of drug-likeness (QED) is 0.475. The van der Waals surface area contributed by atoms with Crippen molar-refractivity contribution in [3.8, 4) is 11.5 Å². The molecule has 144 valence electrons. The normalized spacial score (nSPS) is 10.5. The lowest BCUT2D eigenvalue weighted by Crippen LogP contribution is -2.14. The van der Waals surface area contributed by atoms with E-state index in [2.05, 4.69) is 15.5 Å². The summed E-state index contributed by atoms with van der Waals surface area (Å²) >= 11 is 1.03. The highest BCUT2D eigenvalue weighted by molar-refractivity contribution is 7.99. The van der Waals surface area contributed by atoms with E-state index < -0.39 is 11.8 Å². The van der Waals surface area contributed by atoms with Crippen molar-refractivity contribution >= 4 is 29.3 Å². The number of hydrogen-bond donors (Lipinski definition) is 1. The molecule has 0 atom stereocenters. The second kappa shape index (κ2) is 9.14. The van der Waals surface area contributed by atoms with Crippen molar-refractivity contribution in [3.05, 3.63) is 59.9 Å². The molecular formula is C19H16FN3O4S. The van der Waals surface area contributed by atoms with Gasteiger partial charge in [-0.3, -0.25) is 4.79 Å². The predicted octanol–water partition coefficient (Wildman–Crippen LogP) is 3.78. The van der Waals surface area contributed by atoms with E-state index in [-0.39, 0.29) is 28.3 Å². The number of anilines is 1. The number of thioether (sulfide) groups is 1. The van der Waals surface area contributed by atoms with Crippen LogP contribution < -0.4 is 5.32 Å². The number of halogens is 1. The van der Waals surface area contributed by atoms with Crippen LogP contribution in [0.25, 0.3) is 11.5 Å². The van der Waals surface area contributed by atoms with Gasteiger partial charge in [-0.25, -0.2) is 9.18 Å². The number of hydrogen-bond acceptors (Lipinski definition) is 7. The van der Waals surface area contributed by atoms with E-state index in [9.17, 15) is 14.0 Å². The van der Waals surface area contributed by atoms with Crippen LogP contribution in [0.2, 0.25) is 0 Å². The van der Waals surface area contributed by atoms with Gasteiger partial charge in [0.15, 0.2) is 0 Å². The van der Waals surface area contributed by atoms with E-state index >= 15 is 0 Å². The number of amides is 1. The van der Waals surface area contributed by atoms with E-state index in [4.69, 9.17) is 9.15 Å². The van der Waals surface area contributed by atoms with Gasteiger partial charge < -0.3 is 14.5 Å². The van der Waals surface area contributed by atoms with Gasteiger partial charge in [-0.2, -0.15) is 0 Å². The fourth-order valence-electron chi connectivity index (χ4n) is 2.24. The number of benzene rings is 2. The first-order chi connectivity index (χ1) is 13.6. The second-order valence-corrected chi connectivity index (χ2v) is 6.41. The van der Waals surface area contributed by atoms with Crippen LogP contribution in [0.15, 0.2) is 58.2 Å². The number of nitrogens with one attached hydrogen (secondary N) is 1. The predicted molar refractivity (Wildman–Crippen MR) is 101 cm³/mol. The lowest BCUT2D eigenvalue weighted by molar-refractivity contribution is -0.113. The van der Waals surface area contributed by atoms with Gasteiger partial charge in [0.05, 0.1) is 23.5 Å². The molecule has 1 N–H and O–H groups in total. The Hall–Kier alpha value is -3.20. The molecule has 0 aliphatic rings. The van der Waals surface area contributed by atoms with Crippen LogP contribution in [0.5, 0.6) is 0 Å². The van der Waals surface area contributed by atoms with Gasteiger partial charge in [-0.05, 0) is 43.3 Å². The number of carbonyl (C=O) groups is 2. The number of esters is 1. The number of ether oxygens (including phenoxy) is 1. The first-order valence-corrected chi connectivity index (χ1v) is 9.33. The van der Waals surface area contributed by atoms with Crippen LogP contribution in [0.1, 0.15) is 17.3 Å². The second-order valence-electron chi connectivity index (χ2n) is 5.49. The Labute approximate surface area is 164 Å². The maximum absolute atomic E-state index is 13.7. The van der Waals surface area contributed by atoms with Crippen molar-refractivity contribution < 1.29 is 23.1 Å². The summed E-state index contributed by atoms with van der Waals surface area (Å²) in [4.78, 5) is 23.7. The van der Waals surface area contributed by atoms with E-state index in [0.29, 0.717) is 17.9 Å². The van der Waals surface area contributed by atoms with E-state index in [1.54, 1.807) is 43.3 Å². The standard InChI is InChI=1S/C19H16FN3O4S/c1-2-26-18(25)12-7-9-13(10-8-12)21-16(24)11-28-19-23-22-17(27-19)14-5-3-4-6-15(14)20/h3-10H,2,11H2,1H3,(H,21,24). The summed E-state index contributed by atoms with van der Waals surface area (Å²) in [6.07, 6.45) is 0. The molecule has 0 radical (unpaired) electrons. The Bertz CT molecular complexity index is 975. The summed E-state index contributed by atoms with van der Waals surface area (Å²) < 4.78 is 24.0. The summed E-state index contributed by atoms with van der Waals surface area (Å²) in [5, 5.41) is 10.5. The minimum absolute atomic E-state index is 0.0263. The van der Waals surface area contributed by atoms with Crippen LogP contribution in [0.4, 0.5) is 10.1 Å². The van der Waals surface area contributed by atoms with Gasteiger partial charge in [-0.1, -0.05) is 23.9 Å². The molecule has 0 aliphatic heterocycles. The van der Waals surface area contributed by atoms with Crippen LogP contribution in [0, 0.1) is 5.82 Å². The van der Waals surface area contributed by atoms with Crippen LogP contribution in [0.3, 0.4) is 0 Å². The fourth-order valence-corrected chi connectivity index (χ4v) is 2.80. The highest BCUT2D eigenvalue weighted by Crippen LogP contribution is 2.25. The Kier molecular flexibility index (Phi) is 6.38. The number of aromatic nitrogens is 2. The summed E-state index contributed by atoms with van der Waals surface area (Å²) in [5.74, 6) is -1.10. The third-order valence-corrected chi connectivity index (χ3v) is 4.34. The average molecular weight is 401 g/mol. The van der Waals surface area contributed by atoms with Crippen molar-refractivity contribution in [2.45, 2.75) is 12.1 Å². The van der Waals surface area contributed by atoms with E-state index in [1.807, 2.05) is 0 Å². The van der Waals surface area contributed by atoms with Crippen LogP contribution in [-0.4, -0.2) is 34.4 Å². The van der Waals surface area contributed by atoms with E-state index in [1.165, 1.54) is 12.1 Å². The summed E-state index contributed by atoms with van der Waals surface area (Å²) in [6, 6.07) is 12.4. The van der Waals surface area contributed by atoms with Crippen LogP contribution in [-0.2, 0) is 9.53 Å². The molecule has 7 nitrogen and oxygen atoms in total. The lowest BCUT2D eigenvalue weighted by atomic mass is 10.2. The molecular weight excluding hydrogens is 385 g/mol. The average Bonchev–Trinajstić information content (AvgIpc) is 3.16. The summed E-state index contributed by atoms with van der Waals surface area (Å²) in [6.45, 7) is 2.02. The largest absolute Gasteiger partial charge is 0.462 e. The zero-order valence-corrected chi connectivity index (χ0v) is 15.7. The summed E-state index contributed by atoms with van der Waals surface area (Å²) in [5.41, 5.74) is 1.14. The molecule has 0 spiro atoms. The van der Waals surface area contributed by atoms with Crippen molar-refractivity contribution in [2.75, 3.05) is 17.7 Å². The van der Waals surface area contributed by atoms with Gasteiger partial charge in [0.2, 0.25) is 5.91 Å². The zero-order chi connectivity index (χ0) is 19.9. The number of carbonyl (C=O) groups excluding carboxylic acids is 2. The third kappa shape index (κ3) is 4.95. The molecule has 3 rings (SSSR count). The van der Waals surface area contributed by atoms with Gasteiger partial charge in [0.1, 0.15) is 5.82 Å². The molecule has 2 aromatic carbocycles. The highest BCUT2D eigenvalue weighted by atomic mass is 32.2. The topological polar surface area (TPSA) is 94.3 Å². The SMILES string of the molecule is CCOC(=O)c1ccc(NC(=O)CSc2nnc(-c3ccccc3F)o2)cc1. The summed E-state index contributed by atoms with van der Waals surface area (Å²) in [7, 11) is 0. The molecule has 0 saturated carbocycles. The third-order valence-electron chi connectivity index (χ3n) is 3.52. The minimum Gasteiger partial charge on any atom is -0.462 e. The van der Waals surface area contributed by atoms with Gasteiger partial charge in [-0.15, -0.1) is 10.2 Å². The molecule has 0 fully saturated rings. The molecule has 0 unspecified atom stereocenters. The van der Waals surface area contributed by atoms with Crippen molar-refractivity contribution in [1.29, 1.82) is 0 Å². The van der Waals surface area contributed by atoms with Crippen molar-refractivity contribution in [1.82, 2.24) is 10.2 Å². The van der Waals surface area contributed by atoms with Gasteiger partial charge in [0.25, 0.3) is 11.1 Å². The maximum Gasteiger partial charge on any atom is 0.338 e. The Balaban J connectivity index is 1.54. The minimum atomic E-state index is -0.466. The smallest absolute Gasteiger partial charge is 0.338 e. The van der Waals surface area contributed by atoms with Gasteiger partial charge in [0, 0.05) is 5.69 Å². The molecule has 1 heterocycles. The maximum atomic E-state index is 13.7. The first-order valence-electron chi connectivity index (χ1n) is 8.35. The number of rotatable bonds is 7. The van der Waals surface area contributed by atoms with Crippen LogP contribution >= 0.6 is 11.8 Å². The molecule has 9 heteroatoms. The fraction of sp³-hybridized carbons (Fsp3) is 0.158. The Morgan fingerprint density at radius 3 is 2.61 bits per heavy atom. The first kappa shape index (κ1) is 19.6. The number of nitrogens with zero attached hydrogens (tertiary/aromatic N) is 2. The molecule has 0 saturated heterocycles. The van der Waals surface area contributed by atoms with Gasteiger partial charge >= 0.3 is 5.97 Å². The zero-order valence-electron chi connectivity index (χ0n) is 14.8. The molecule has 0 bridgehead atoms. The van der Waals surface area contributed by atoms with Crippen molar-refractivity contribution in [2.24, 2.45) is 0 Å². The lowest BCUT2D eigenvalue weighted by Gasteiger charge is -2.05. The molecule has 1 aromatic heterocycles. The van der Waals surface area contributed by atoms with Crippen molar-refractivity contribution in [3.63, 3.8) is 0 Å². The monoisotopic (exact) mass is 401 g/mol.